The van der Waals surface area contributed by atoms with Gasteiger partial charge in [-0.25, -0.2) is 0 Å². The van der Waals surface area contributed by atoms with Gasteiger partial charge in [0, 0.05) is 18.6 Å². The second kappa shape index (κ2) is 6.73. The van der Waals surface area contributed by atoms with E-state index < -0.39 is 0 Å². The van der Waals surface area contributed by atoms with Crippen molar-refractivity contribution in [3.63, 3.8) is 0 Å². The molecule has 2 unspecified atom stereocenters. The lowest BCUT2D eigenvalue weighted by molar-refractivity contribution is 0.124. The lowest BCUT2D eigenvalue weighted by Gasteiger charge is -2.38. The van der Waals surface area contributed by atoms with Crippen LogP contribution in [0.5, 0.6) is 0 Å². The van der Waals surface area contributed by atoms with Crippen molar-refractivity contribution >= 4 is 0 Å². The molecule has 2 atom stereocenters. The van der Waals surface area contributed by atoms with Gasteiger partial charge in [0.15, 0.2) is 0 Å². The number of aryl methyl sites for hydroxylation is 1. The number of benzene rings is 1. The summed E-state index contributed by atoms with van der Waals surface area (Å²) in [7, 11) is 0. The summed E-state index contributed by atoms with van der Waals surface area (Å²) in [6, 6.07) is 10.8. The first-order valence-electron chi connectivity index (χ1n) is 8.04. The van der Waals surface area contributed by atoms with E-state index in [-0.39, 0.29) is 5.54 Å². The average molecular weight is 274 g/mol. The molecule has 112 valence electrons. The number of rotatable bonds is 6. The monoisotopic (exact) mass is 274 g/mol. The summed E-state index contributed by atoms with van der Waals surface area (Å²) >= 11 is 0. The third kappa shape index (κ3) is 3.62. The standard InChI is InChI=1S/C18H30N2/c1-15(2)17-10-12-20(13-17)18(3,14-19)11-9-16-7-5-4-6-8-16/h4-8,15,17H,9-14,19H2,1-3H3. The molecule has 0 saturated carbocycles. The van der Waals surface area contributed by atoms with E-state index in [1.807, 2.05) is 0 Å². The van der Waals surface area contributed by atoms with E-state index in [4.69, 9.17) is 5.73 Å². The van der Waals surface area contributed by atoms with Crippen molar-refractivity contribution < 1.29 is 0 Å². The van der Waals surface area contributed by atoms with E-state index in [1.54, 1.807) is 0 Å². The van der Waals surface area contributed by atoms with Gasteiger partial charge >= 0.3 is 0 Å². The van der Waals surface area contributed by atoms with Crippen LogP contribution >= 0.6 is 0 Å². The number of likely N-dealkylation sites (tertiary alicyclic amines) is 1. The first-order valence-corrected chi connectivity index (χ1v) is 8.04. The summed E-state index contributed by atoms with van der Waals surface area (Å²) in [5.41, 5.74) is 7.71. The number of nitrogens with zero attached hydrogens (tertiary/aromatic N) is 1. The lowest BCUT2D eigenvalue weighted by atomic mass is 9.91. The molecule has 1 aromatic carbocycles. The van der Waals surface area contributed by atoms with E-state index in [0.717, 1.165) is 31.2 Å². The van der Waals surface area contributed by atoms with Crippen molar-refractivity contribution in [2.75, 3.05) is 19.6 Å². The molecule has 2 nitrogen and oxygen atoms in total. The minimum absolute atomic E-state index is 0.152. The maximum absolute atomic E-state index is 6.13. The Morgan fingerprint density at radius 2 is 2.00 bits per heavy atom. The van der Waals surface area contributed by atoms with Crippen LogP contribution in [0.25, 0.3) is 0 Å². The van der Waals surface area contributed by atoms with Gasteiger partial charge in [0.1, 0.15) is 0 Å². The molecular weight excluding hydrogens is 244 g/mol. The Hall–Kier alpha value is -0.860. The summed E-state index contributed by atoms with van der Waals surface area (Å²) in [6.45, 7) is 10.2. The van der Waals surface area contributed by atoms with Gasteiger partial charge in [0.2, 0.25) is 0 Å². The van der Waals surface area contributed by atoms with Crippen molar-refractivity contribution in [1.29, 1.82) is 0 Å². The van der Waals surface area contributed by atoms with E-state index in [2.05, 4.69) is 56.0 Å². The Bertz CT molecular complexity index is 401. The normalized spacial score (nSPS) is 23.1. The quantitative estimate of drug-likeness (QED) is 0.862. The van der Waals surface area contributed by atoms with Gasteiger partial charge in [0.25, 0.3) is 0 Å². The molecule has 0 aromatic heterocycles. The molecule has 1 heterocycles. The van der Waals surface area contributed by atoms with Crippen LogP contribution < -0.4 is 5.73 Å². The van der Waals surface area contributed by atoms with Crippen molar-refractivity contribution in [2.45, 2.75) is 45.6 Å². The zero-order valence-corrected chi connectivity index (χ0v) is 13.3. The summed E-state index contributed by atoms with van der Waals surface area (Å²) < 4.78 is 0. The van der Waals surface area contributed by atoms with Crippen LogP contribution in [-0.4, -0.2) is 30.1 Å². The van der Waals surface area contributed by atoms with Gasteiger partial charge in [-0.1, -0.05) is 44.2 Å². The van der Waals surface area contributed by atoms with Crippen molar-refractivity contribution in [3.8, 4) is 0 Å². The van der Waals surface area contributed by atoms with Crippen LogP contribution in [0.2, 0.25) is 0 Å². The molecule has 1 aliphatic heterocycles. The zero-order valence-electron chi connectivity index (χ0n) is 13.3. The summed E-state index contributed by atoms with van der Waals surface area (Å²) in [5.74, 6) is 1.63. The van der Waals surface area contributed by atoms with Crippen LogP contribution in [-0.2, 0) is 6.42 Å². The van der Waals surface area contributed by atoms with Crippen molar-refractivity contribution in [3.05, 3.63) is 35.9 Å². The second-order valence-corrected chi connectivity index (χ2v) is 6.93. The van der Waals surface area contributed by atoms with Gasteiger partial charge < -0.3 is 5.73 Å². The highest BCUT2D eigenvalue weighted by Gasteiger charge is 2.36. The molecule has 2 N–H and O–H groups in total. The molecule has 0 radical (unpaired) electrons. The van der Waals surface area contributed by atoms with Crippen LogP contribution in [0.15, 0.2) is 30.3 Å². The Labute approximate surface area is 124 Å². The van der Waals surface area contributed by atoms with Gasteiger partial charge in [-0.2, -0.15) is 0 Å². The molecule has 1 saturated heterocycles. The minimum atomic E-state index is 0.152. The molecule has 0 aliphatic carbocycles. The molecule has 0 amide bonds. The molecule has 20 heavy (non-hydrogen) atoms. The van der Waals surface area contributed by atoms with E-state index in [9.17, 15) is 0 Å². The maximum Gasteiger partial charge on any atom is 0.0306 e. The van der Waals surface area contributed by atoms with Crippen molar-refractivity contribution in [2.24, 2.45) is 17.6 Å². The topological polar surface area (TPSA) is 29.3 Å². The molecule has 1 aromatic rings. The lowest BCUT2D eigenvalue weighted by Crippen LogP contribution is -2.51. The third-order valence-electron chi connectivity index (χ3n) is 5.17. The predicted molar refractivity (Wildman–Crippen MR) is 86.7 cm³/mol. The molecule has 1 aliphatic rings. The van der Waals surface area contributed by atoms with Crippen LogP contribution in [0.4, 0.5) is 0 Å². The Morgan fingerprint density at radius 3 is 2.55 bits per heavy atom. The van der Waals surface area contributed by atoms with E-state index >= 15 is 0 Å². The molecule has 2 heteroatoms. The highest BCUT2D eigenvalue weighted by atomic mass is 15.2. The highest BCUT2D eigenvalue weighted by Crippen LogP contribution is 2.31. The fourth-order valence-electron chi connectivity index (χ4n) is 3.27. The van der Waals surface area contributed by atoms with Gasteiger partial charge in [-0.15, -0.1) is 0 Å². The Kier molecular flexibility index (Phi) is 5.22. The SMILES string of the molecule is CC(C)C1CCN(C(C)(CN)CCc2ccccc2)C1. The fraction of sp³-hybridized carbons (Fsp3) is 0.667. The van der Waals surface area contributed by atoms with Crippen molar-refractivity contribution in [1.82, 2.24) is 4.90 Å². The average Bonchev–Trinajstić information content (AvgIpc) is 2.96. The Balaban J connectivity index is 1.95. The van der Waals surface area contributed by atoms with Crippen LogP contribution in [0.3, 0.4) is 0 Å². The van der Waals surface area contributed by atoms with Crippen LogP contribution in [0, 0.1) is 11.8 Å². The summed E-state index contributed by atoms with van der Waals surface area (Å²) in [6.07, 6.45) is 3.61. The molecule has 0 bridgehead atoms. The number of hydrogen-bond acceptors (Lipinski definition) is 2. The smallest absolute Gasteiger partial charge is 0.0306 e. The summed E-state index contributed by atoms with van der Waals surface area (Å²) in [4.78, 5) is 2.64. The van der Waals surface area contributed by atoms with Gasteiger partial charge in [-0.3, -0.25) is 4.90 Å². The highest BCUT2D eigenvalue weighted by molar-refractivity contribution is 5.15. The molecule has 2 rings (SSSR count). The Morgan fingerprint density at radius 1 is 1.30 bits per heavy atom. The first kappa shape index (κ1) is 15.5. The maximum atomic E-state index is 6.13. The van der Waals surface area contributed by atoms with E-state index in [0.29, 0.717) is 0 Å². The molecule has 1 fully saturated rings. The number of nitrogens with two attached hydrogens (primary N) is 1. The summed E-state index contributed by atoms with van der Waals surface area (Å²) in [5, 5.41) is 0. The fourth-order valence-corrected chi connectivity index (χ4v) is 3.27. The number of hydrogen-bond donors (Lipinski definition) is 1. The second-order valence-electron chi connectivity index (χ2n) is 6.93. The predicted octanol–water partition coefficient (Wildman–Crippen LogP) is 3.31. The largest absolute Gasteiger partial charge is 0.329 e. The van der Waals surface area contributed by atoms with Gasteiger partial charge in [-0.05, 0) is 50.1 Å². The van der Waals surface area contributed by atoms with Crippen LogP contribution in [0.1, 0.15) is 39.2 Å². The third-order valence-corrected chi connectivity index (χ3v) is 5.17. The first-order chi connectivity index (χ1) is 9.55. The zero-order chi connectivity index (χ0) is 14.6. The molecule has 0 spiro atoms. The minimum Gasteiger partial charge on any atom is -0.329 e. The van der Waals surface area contributed by atoms with Gasteiger partial charge in [0.05, 0.1) is 0 Å². The van der Waals surface area contributed by atoms with E-state index in [1.165, 1.54) is 25.1 Å². The molecular formula is C18H30N2.